The monoisotopic (exact) mass is 614 g/mol. The minimum atomic E-state index is -4.59. The normalized spacial score (nSPS) is 12.5. The Kier molecular flexibility index (Phi) is 7.66. The number of carbonyl (C=O) groups is 1. The van der Waals surface area contributed by atoms with Crippen molar-refractivity contribution in [3.8, 4) is 0 Å². The Morgan fingerprint density at radius 2 is 1.36 bits per heavy atom. The number of pyridine rings is 2. The van der Waals surface area contributed by atoms with E-state index in [0.717, 1.165) is 18.2 Å². The molecule has 2 heterocycles. The Morgan fingerprint density at radius 3 is 2.02 bits per heavy atom. The lowest BCUT2D eigenvalue weighted by Gasteiger charge is -2.17. The van der Waals surface area contributed by atoms with Gasteiger partial charge in [-0.15, -0.1) is 0 Å². The van der Waals surface area contributed by atoms with Crippen molar-refractivity contribution in [2.24, 2.45) is 0 Å². The molecule has 2 aromatic heterocycles. The summed E-state index contributed by atoms with van der Waals surface area (Å²) in [6, 6.07) is 10.2. The molecule has 5 aromatic rings. The van der Waals surface area contributed by atoms with Gasteiger partial charge in [0, 0.05) is 40.0 Å². The number of rotatable bonds is 9. The van der Waals surface area contributed by atoms with Gasteiger partial charge in [0.15, 0.2) is 10.9 Å². The third-order valence-electron chi connectivity index (χ3n) is 7.09. The number of aromatic amines is 1. The first-order valence-electron chi connectivity index (χ1n) is 13.0. The van der Waals surface area contributed by atoms with Gasteiger partial charge in [-0.05, 0) is 68.3 Å². The van der Waals surface area contributed by atoms with E-state index in [2.05, 4.69) is 4.98 Å². The lowest BCUT2D eigenvalue weighted by Crippen LogP contribution is -2.14. The van der Waals surface area contributed by atoms with E-state index in [1.165, 1.54) is 30.3 Å². The molecule has 0 amide bonds. The molecule has 12 nitrogen and oxygen atoms in total. The van der Waals surface area contributed by atoms with Crippen LogP contribution in [0.1, 0.15) is 32.6 Å². The highest BCUT2D eigenvalue weighted by atomic mass is 32.2. The number of nitrogens with one attached hydrogen (secondary N) is 1. The summed E-state index contributed by atoms with van der Waals surface area (Å²) < 4.78 is 72.7. The summed E-state index contributed by atoms with van der Waals surface area (Å²) in [5.41, 5.74) is 0.255. The summed E-state index contributed by atoms with van der Waals surface area (Å²) in [6.07, 6.45) is 2.01. The van der Waals surface area contributed by atoms with Gasteiger partial charge in [-0.1, -0.05) is 6.42 Å². The molecular weight excluding hydrogens is 588 g/mol. The summed E-state index contributed by atoms with van der Waals surface area (Å²) in [7, 11) is -9.15. The highest BCUT2D eigenvalue weighted by Gasteiger charge is 2.19. The maximum Gasteiger partial charge on any atom is 0.305 e. The van der Waals surface area contributed by atoms with Gasteiger partial charge in [0.1, 0.15) is 0 Å². The van der Waals surface area contributed by atoms with E-state index in [0.29, 0.717) is 43.4 Å². The van der Waals surface area contributed by atoms with E-state index in [9.17, 15) is 40.3 Å². The van der Waals surface area contributed by atoms with Gasteiger partial charge < -0.3 is 14.3 Å². The number of H-pyrrole nitrogens is 1. The van der Waals surface area contributed by atoms with Crippen LogP contribution in [0.3, 0.4) is 0 Å². The molecule has 0 aliphatic rings. The Balaban J connectivity index is 1.73. The number of aryl methyl sites for hydroxylation is 1. The fourth-order valence-electron chi connectivity index (χ4n) is 5.11. The van der Waals surface area contributed by atoms with Crippen LogP contribution in [0.4, 0.5) is 0 Å². The second kappa shape index (κ2) is 10.9. The van der Waals surface area contributed by atoms with Crippen molar-refractivity contribution in [3.05, 3.63) is 69.0 Å². The SMILES string of the molecule is CCOC(=O)CCCCCn1c2ccc(S(=O)(=O)O)cc2c(=O)c2cc3[nH]c4ccc(S(=O)(=O)O)cc4c(=O)c3cc21. The molecule has 3 aromatic carbocycles. The van der Waals surface area contributed by atoms with Crippen LogP contribution in [0.15, 0.2) is 67.9 Å². The topological polar surface area (TPSA) is 190 Å². The third kappa shape index (κ3) is 5.53. The summed E-state index contributed by atoms with van der Waals surface area (Å²) >= 11 is 0. The summed E-state index contributed by atoms with van der Waals surface area (Å²) in [4.78, 5) is 41.0. The number of fused-ring (bicyclic) bond motifs is 4. The second-order valence-electron chi connectivity index (χ2n) is 9.80. The lowest BCUT2D eigenvalue weighted by molar-refractivity contribution is -0.143. The zero-order valence-corrected chi connectivity index (χ0v) is 23.9. The molecule has 0 radical (unpaired) electrons. The Labute approximate surface area is 239 Å². The molecular formula is C28H26N2O10S2. The predicted molar refractivity (Wildman–Crippen MR) is 156 cm³/mol. The van der Waals surface area contributed by atoms with Gasteiger partial charge in [0.25, 0.3) is 20.2 Å². The summed E-state index contributed by atoms with van der Waals surface area (Å²) in [6.45, 7) is 2.35. The first-order valence-corrected chi connectivity index (χ1v) is 15.9. The molecule has 0 atom stereocenters. The van der Waals surface area contributed by atoms with E-state index in [1.807, 2.05) is 0 Å². The molecule has 5 rings (SSSR count). The standard InChI is InChI=1S/C28H26N2O10S2/c1-2-40-26(31)6-4-3-5-11-30-24-10-8-17(42(37,38)39)13-20(24)28(33)21-14-23-19(15-25(21)30)27(32)18-12-16(41(34,35)36)7-9-22(18)29-23/h7-10,12-15H,2-6,11H2,1H3,(H,29,32)(H,34,35,36)(H,37,38,39). The third-order valence-corrected chi connectivity index (χ3v) is 8.79. The van der Waals surface area contributed by atoms with Crippen LogP contribution < -0.4 is 10.9 Å². The van der Waals surface area contributed by atoms with Gasteiger partial charge >= 0.3 is 5.97 Å². The van der Waals surface area contributed by atoms with Gasteiger partial charge in [-0.3, -0.25) is 23.5 Å². The average molecular weight is 615 g/mol. The fraction of sp³-hybridized carbons (Fsp3) is 0.250. The van der Waals surface area contributed by atoms with Crippen molar-refractivity contribution in [1.82, 2.24) is 9.55 Å². The second-order valence-corrected chi connectivity index (χ2v) is 12.6. The molecule has 14 heteroatoms. The van der Waals surface area contributed by atoms with Crippen molar-refractivity contribution in [3.63, 3.8) is 0 Å². The molecule has 0 unspecified atom stereocenters. The molecule has 0 aliphatic heterocycles. The number of hydrogen-bond donors (Lipinski definition) is 3. The smallest absolute Gasteiger partial charge is 0.305 e. The average Bonchev–Trinajstić information content (AvgIpc) is 2.92. The summed E-state index contributed by atoms with van der Waals surface area (Å²) in [5.74, 6) is -0.301. The van der Waals surface area contributed by atoms with Gasteiger partial charge in [0.2, 0.25) is 0 Å². The van der Waals surface area contributed by atoms with Gasteiger partial charge in [-0.25, -0.2) is 0 Å². The van der Waals surface area contributed by atoms with Crippen LogP contribution in [0.2, 0.25) is 0 Å². The van der Waals surface area contributed by atoms with Crippen LogP contribution in [0.5, 0.6) is 0 Å². The quantitative estimate of drug-likeness (QED) is 0.0953. The van der Waals surface area contributed by atoms with Crippen molar-refractivity contribution >= 4 is 69.8 Å². The van der Waals surface area contributed by atoms with Gasteiger partial charge in [-0.2, -0.15) is 16.8 Å². The van der Waals surface area contributed by atoms with Crippen LogP contribution in [0.25, 0.3) is 43.6 Å². The first kappa shape index (κ1) is 29.4. The van der Waals surface area contributed by atoms with Crippen molar-refractivity contribution in [1.29, 1.82) is 0 Å². The number of nitrogens with zero attached hydrogens (tertiary/aromatic N) is 1. The maximum absolute atomic E-state index is 13.7. The van der Waals surface area contributed by atoms with Gasteiger partial charge in [0.05, 0.1) is 32.9 Å². The zero-order chi connectivity index (χ0) is 30.4. The molecule has 220 valence electrons. The maximum atomic E-state index is 13.7. The number of hydrogen-bond acceptors (Lipinski definition) is 8. The van der Waals surface area contributed by atoms with Crippen LogP contribution in [-0.2, 0) is 36.3 Å². The minimum Gasteiger partial charge on any atom is -0.466 e. The number of esters is 1. The Bertz CT molecular complexity index is 2250. The molecule has 3 N–H and O–H groups in total. The summed E-state index contributed by atoms with van der Waals surface area (Å²) in [5, 5.41) is 0.401. The largest absolute Gasteiger partial charge is 0.466 e. The van der Waals surface area contributed by atoms with Crippen LogP contribution >= 0.6 is 0 Å². The molecule has 0 spiro atoms. The molecule has 42 heavy (non-hydrogen) atoms. The van der Waals surface area contributed by atoms with E-state index < -0.39 is 40.9 Å². The fourth-order valence-corrected chi connectivity index (χ4v) is 6.13. The molecule has 0 saturated heterocycles. The molecule has 0 aliphatic carbocycles. The van der Waals surface area contributed by atoms with E-state index in [-0.39, 0.29) is 45.0 Å². The van der Waals surface area contributed by atoms with Crippen molar-refractivity contribution in [2.75, 3.05) is 6.61 Å². The lowest BCUT2D eigenvalue weighted by atomic mass is 10.0. The number of unbranched alkanes of at least 4 members (excludes halogenated alkanes) is 2. The first-order chi connectivity index (χ1) is 19.8. The number of benzene rings is 3. The predicted octanol–water partition coefficient (Wildman–Crippen LogP) is 3.77. The number of carbonyl (C=O) groups excluding carboxylic acids is 1. The molecule has 0 bridgehead atoms. The van der Waals surface area contributed by atoms with Crippen molar-refractivity contribution in [2.45, 2.75) is 48.9 Å². The minimum absolute atomic E-state index is 0.0171. The Morgan fingerprint density at radius 1 is 0.762 bits per heavy atom. The Hall–Kier alpha value is -4.11. The van der Waals surface area contributed by atoms with Crippen LogP contribution in [0, 0.1) is 0 Å². The molecule has 0 saturated carbocycles. The van der Waals surface area contributed by atoms with Crippen LogP contribution in [-0.4, -0.2) is 48.1 Å². The highest BCUT2D eigenvalue weighted by molar-refractivity contribution is 7.86. The number of aromatic nitrogens is 2. The highest BCUT2D eigenvalue weighted by Crippen LogP contribution is 2.27. The van der Waals surface area contributed by atoms with E-state index in [1.54, 1.807) is 11.5 Å². The van der Waals surface area contributed by atoms with E-state index >= 15 is 0 Å². The number of ether oxygens (including phenoxy) is 1. The van der Waals surface area contributed by atoms with Crippen molar-refractivity contribution < 1.29 is 35.5 Å². The van der Waals surface area contributed by atoms with E-state index in [4.69, 9.17) is 4.74 Å². The molecule has 0 fully saturated rings. The zero-order valence-electron chi connectivity index (χ0n) is 22.3.